The van der Waals surface area contributed by atoms with Gasteiger partial charge in [-0.3, -0.25) is 9.59 Å². The van der Waals surface area contributed by atoms with Crippen LogP contribution < -0.4 is 15.4 Å². The number of anilines is 1. The molecule has 0 heterocycles. The first-order valence-corrected chi connectivity index (χ1v) is 13.6. The molecule has 0 saturated heterocycles. The van der Waals surface area contributed by atoms with Crippen molar-refractivity contribution in [2.45, 2.75) is 39.1 Å². The maximum atomic E-state index is 13.1. The van der Waals surface area contributed by atoms with Crippen molar-refractivity contribution in [3.63, 3.8) is 0 Å². The zero-order chi connectivity index (χ0) is 24.3. The maximum absolute atomic E-state index is 13.1. The van der Waals surface area contributed by atoms with Crippen molar-refractivity contribution >= 4 is 37.2 Å². The summed E-state index contributed by atoms with van der Waals surface area (Å²) in [4.78, 5) is 25.5. The van der Waals surface area contributed by atoms with Crippen molar-refractivity contribution < 1.29 is 31.9 Å². The molecule has 0 atom stereocenters. The van der Waals surface area contributed by atoms with Crippen LogP contribution in [0.4, 0.5) is 23.2 Å². The minimum Gasteiger partial charge on any atom is -0.428 e. The number of halogens is 5. The van der Waals surface area contributed by atoms with Gasteiger partial charge in [0.05, 0.1) is 24.2 Å². The Hall–Kier alpha value is -2.59. The number of amides is 2. The van der Waals surface area contributed by atoms with Crippen LogP contribution in [0.1, 0.15) is 26.3 Å². The van der Waals surface area contributed by atoms with Gasteiger partial charge in [0, 0.05) is 11.9 Å². The molecule has 0 aliphatic heterocycles. The second-order valence-corrected chi connectivity index (χ2v) is 14.2. The highest BCUT2D eigenvalue weighted by atomic mass is 35.5. The first-order chi connectivity index (χ1) is 14.7. The summed E-state index contributed by atoms with van der Waals surface area (Å²) >= 11 is 6.19. The van der Waals surface area contributed by atoms with E-state index in [-0.39, 0.29) is 27.4 Å². The molecule has 11 heteroatoms. The van der Waals surface area contributed by atoms with Gasteiger partial charge in [0.2, 0.25) is 0 Å². The van der Waals surface area contributed by atoms with E-state index < -0.39 is 38.2 Å². The number of alkyl halides is 4. The van der Waals surface area contributed by atoms with E-state index in [0.29, 0.717) is 6.17 Å². The van der Waals surface area contributed by atoms with Gasteiger partial charge in [0.15, 0.2) is 0 Å². The van der Waals surface area contributed by atoms with Gasteiger partial charge in [-0.2, -0.15) is 17.6 Å². The zero-order valence-corrected chi connectivity index (χ0v) is 19.6. The van der Waals surface area contributed by atoms with Gasteiger partial charge in [0.1, 0.15) is 5.75 Å². The number of rotatable bonds is 8. The number of hydrogen-bond acceptors (Lipinski definition) is 3. The van der Waals surface area contributed by atoms with E-state index >= 15 is 0 Å². The van der Waals surface area contributed by atoms with E-state index in [4.69, 9.17) is 11.6 Å². The monoisotopic (exact) mass is 490 g/mol. The average Bonchev–Trinajstić information content (AvgIpc) is 2.67. The molecule has 0 aromatic heterocycles. The van der Waals surface area contributed by atoms with E-state index in [9.17, 15) is 27.2 Å². The minimum absolute atomic E-state index is 0.0498. The highest BCUT2D eigenvalue weighted by Crippen LogP contribution is 2.30. The van der Waals surface area contributed by atoms with Gasteiger partial charge in [0.25, 0.3) is 11.8 Å². The van der Waals surface area contributed by atoms with Gasteiger partial charge in [-0.25, -0.2) is 0 Å². The molecule has 0 bridgehead atoms. The number of hydrogen-bond donors (Lipinski definition) is 2. The Morgan fingerprint density at radius 2 is 1.78 bits per heavy atom. The summed E-state index contributed by atoms with van der Waals surface area (Å²) in [6, 6.07) is 7.81. The molecule has 0 unspecified atom stereocenters. The van der Waals surface area contributed by atoms with Crippen LogP contribution in [0.2, 0.25) is 24.7 Å². The van der Waals surface area contributed by atoms with E-state index in [2.05, 4.69) is 35.0 Å². The Morgan fingerprint density at radius 1 is 1.12 bits per heavy atom. The minimum atomic E-state index is -4.65. The highest BCUT2D eigenvalue weighted by molar-refractivity contribution is 6.76. The summed E-state index contributed by atoms with van der Waals surface area (Å²) in [7, 11) is -1.59. The second kappa shape index (κ2) is 9.91. The third kappa shape index (κ3) is 6.70. The predicted octanol–water partition coefficient (Wildman–Crippen LogP) is 5.74. The fraction of sp³-hybridized carbons (Fsp3) is 0.333. The summed E-state index contributed by atoms with van der Waals surface area (Å²) in [6.07, 6.45) is -8.14. The number of aryl methyl sites for hydroxylation is 1. The summed E-state index contributed by atoms with van der Waals surface area (Å²) in [5.74, 6) is -1.63. The van der Waals surface area contributed by atoms with Crippen LogP contribution in [-0.4, -0.2) is 38.6 Å². The third-order valence-electron chi connectivity index (χ3n) is 4.22. The standard InChI is InChI=1S/C21H23ClF4N2O3Si/c1-12-10-13(31-21(25,26)20(23)24)8-9-16(12)28-19(30)17-14(6-5-7-15(17)22)18(29)27-11-32(2,3)4/h5-10,20H,11H2,1-4H3,(H,27,29)(H,28,30). The molecule has 5 nitrogen and oxygen atoms in total. The molecule has 0 radical (unpaired) electrons. The van der Waals surface area contributed by atoms with Gasteiger partial charge in [-0.15, -0.1) is 0 Å². The fourth-order valence-electron chi connectivity index (χ4n) is 2.61. The molecule has 174 valence electrons. The fourth-order valence-corrected chi connectivity index (χ4v) is 3.56. The van der Waals surface area contributed by atoms with Crippen molar-refractivity contribution in [1.29, 1.82) is 0 Å². The van der Waals surface area contributed by atoms with Crippen molar-refractivity contribution in [2.24, 2.45) is 0 Å². The summed E-state index contributed by atoms with van der Waals surface area (Å²) in [6.45, 7) is 7.70. The lowest BCUT2D eigenvalue weighted by Gasteiger charge is -2.19. The van der Waals surface area contributed by atoms with E-state index in [1.54, 1.807) is 6.07 Å². The van der Waals surface area contributed by atoms with Gasteiger partial charge in [-0.05, 0) is 42.8 Å². The van der Waals surface area contributed by atoms with Gasteiger partial charge < -0.3 is 15.4 Å². The predicted molar refractivity (Wildman–Crippen MR) is 118 cm³/mol. The molecule has 0 fully saturated rings. The van der Waals surface area contributed by atoms with E-state index in [1.807, 2.05) is 0 Å². The Bertz CT molecular complexity index is 1010. The Balaban J connectivity index is 2.25. The average molecular weight is 491 g/mol. The van der Waals surface area contributed by atoms with Crippen LogP contribution in [0.3, 0.4) is 0 Å². The van der Waals surface area contributed by atoms with Gasteiger partial charge >= 0.3 is 12.5 Å². The molecule has 2 N–H and O–H groups in total. The van der Waals surface area contributed by atoms with E-state index in [1.165, 1.54) is 25.1 Å². The smallest absolute Gasteiger partial charge is 0.428 e. The second-order valence-electron chi connectivity index (χ2n) is 8.30. The SMILES string of the molecule is Cc1cc(OC(F)(F)C(F)F)ccc1NC(=O)c1c(Cl)cccc1C(=O)NC[Si](C)(C)C. The highest BCUT2D eigenvalue weighted by Gasteiger charge is 2.44. The van der Waals surface area contributed by atoms with Crippen molar-refractivity contribution in [1.82, 2.24) is 5.32 Å². The van der Waals surface area contributed by atoms with Crippen LogP contribution in [0.5, 0.6) is 5.75 Å². The molecule has 0 aliphatic carbocycles. The van der Waals surface area contributed by atoms with Crippen molar-refractivity contribution in [3.8, 4) is 5.75 Å². The molecule has 2 amide bonds. The normalized spacial score (nSPS) is 11.9. The third-order valence-corrected chi connectivity index (χ3v) is 5.77. The first-order valence-electron chi connectivity index (χ1n) is 9.55. The number of carbonyl (C=O) groups excluding carboxylic acids is 2. The molecule has 0 spiro atoms. The van der Waals surface area contributed by atoms with Crippen LogP contribution >= 0.6 is 11.6 Å². The van der Waals surface area contributed by atoms with E-state index in [0.717, 1.165) is 12.1 Å². The van der Waals surface area contributed by atoms with Crippen LogP contribution in [0, 0.1) is 6.92 Å². The van der Waals surface area contributed by atoms with Crippen molar-refractivity contribution in [2.75, 3.05) is 11.5 Å². The molecule has 2 rings (SSSR count). The van der Waals surface area contributed by atoms with Crippen LogP contribution in [0.25, 0.3) is 0 Å². The lowest BCUT2D eigenvalue weighted by molar-refractivity contribution is -0.253. The van der Waals surface area contributed by atoms with Crippen LogP contribution in [-0.2, 0) is 0 Å². The Kier molecular flexibility index (Phi) is 7.95. The lowest BCUT2D eigenvalue weighted by atomic mass is 10.1. The topological polar surface area (TPSA) is 67.4 Å². The quantitative estimate of drug-likeness (QED) is 0.366. The molecule has 2 aromatic rings. The lowest BCUT2D eigenvalue weighted by Crippen LogP contribution is -2.40. The molecule has 0 saturated carbocycles. The zero-order valence-electron chi connectivity index (χ0n) is 17.9. The summed E-state index contributed by atoms with van der Waals surface area (Å²) in [5.41, 5.74) is 0.516. The molecule has 2 aromatic carbocycles. The van der Waals surface area contributed by atoms with Crippen molar-refractivity contribution in [3.05, 3.63) is 58.1 Å². The molecule has 32 heavy (non-hydrogen) atoms. The number of carbonyl (C=O) groups is 2. The number of benzene rings is 2. The summed E-state index contributed by atoms with van der Waals surface area (Å²) in [5, 5.41) is 5.43. The Labute approximate surface area is 189 Å². The largest absolute Gasteiger partial charge is 0.461 e. The molecule has 0 aliphatic rings. The molecular weight excluding hydrogens is 468 g/mol. The number of ether oxygens (including phenoxy) is 1. The Morgan fingerprint density at radius 3 is 2.34 bits per heavy atom. The van der Waals surface area contributed by atoms with Gasteiger partial charge in [-0.1, -0.05) is 37.3 Å². The first kappa shape index (κ1) is 25.7. The van der Waals surface area contributed by atoms with Crippen LogP contribution in [0.15, 0.2) is 36.4 Å². The maximum Gasteiger partial charge on any atom is 0.461 e. The number of nitrogens with one attached hydrogen (secondary N) is 2. The molecular formula is C21H23ClF4N2O3Si. The summed E-state index contributed by atoms with van der Waals surface area (Å²) < 4.78 is 54.9.